The molecule has 0 saturated heterocycles. The SMILES string of the molecule is CCCCNC(=O)C(NC(=O)c1ccccc1)=C(C)c1cccc([N+](=O)[O-])c1. The Morgan fingerprint density at radius 3 is 2.36 bits per heavy atom. The third-order valence-corrected chi connectivity index (χ3v) is 4.18. The van der Waals surface area contributed by atoms with Crippen LogP contribution in [0.4, 0.5) is 5.69 Å². The number of unbranched alkanes of at least 4 members (excludes halogenated alkanes) is 1. The summed E-state index contributed by atoms with van der Waals surface area (Å²) in [7, 11) is 0. The van der Waals surface area contributed by atoms with Gasteiger partial charge in [0.25, 0.3) is 17.5 Å². The number of nitrogens with zero attached hydrogens (tertiary/aromatic N) is 1. The first-order valence-corrected chi connectivity index (χ1v) is 9.04. The normalized spacial score (nSPS) is 11.4. The van der Waals surface area contributed by atoms with Crippen LogP contribution in [-0.2, 0) is 4.79 Å². The zero-order chi connectivity index (χ0) is 20.5. The van der Waals surface area contributed by atoms with E-state index in [2.05, 4.69) is 10.6 Å². The molecule has 0 fully saturated rings. The molecule has 0 atom stereocenters. The molecule has 2 N–H and O–H groups in total. The van der Waals surface area contributed by atoms with Crippen molar-refractivity contribution in [2.24, 2.45) is 0 Å². The highest BCUT2D eigenvalue weighted by atomic mass is 16.6. The molecule has 2 rings (SSSR count). The molecule has 0 unspecified atom stereocenters. The Kier molecular flexibility index (Phi) is 7.45. The fourth-order valence-electron chi connectivity index (χ4n) is 2.56. The van der Waals surface area contributed by atoms with Crippen LogP contribution in [0.1, 0.15) is 42.6 Å². The molecule has 2 amide bonds. The molecule has 0 spiro atoms. The van der Waals surface area contributed by atoms with Crippen molar-refractivity contribution in [3.63, 3.8) is 0 Å². The predicted octanol–water partition coefficient (Wildman–Crippen LogP) is 3.67. The van der Waals surface area contributed by atoms with Gasteiger partial charge in [0.2, 0.25) is 0 Å². The van der Waals surface area contributed by atoms with Gasteiger partial charge in [0, 0.05) is 24.2 Å². The summed E-state index contributed by atoms with van der Waals surface area (Å²) in [4.78, 5) is 35.8. The van der Waals surface area contributed by atoms with Gasteiger partial charge >= 0.3 is 0 Å². The van der Waals surface area contributed by atoms with Crippen LogP contribution in [0, 0.1) is 10.1 Å². The monoisotopic (exact) mass is 381 g/mol. The maximum atomic E-state index is 12.7. The number of amides is 2. The van der Waals surface area contributed by atoms with Crippen LogP contribution in [0.3, 0.4) is 0 Å². The summed E-state index contributed by atoms with van der Waals surface area (Å²) in [5, 5.41) is 16.5. The lowest BCUT2D eigenvalue weighted by atomic mass is 10.0. The van der Waals surface area contributed by atoms with Gasteiger partial charge in [-0.3, -0.25) is 19.7 Å². The standard InChI is InChI=1S/C21H23N3O4/c1-3-4-13-22-21(26)19(23-20(25)16-9-6-5-7-10-16)15(2)17-11-8-12-18(14-17)24(27)28/h5-12,14H,3-4,13H2,1-2H3,(H,22,26)(H,23,25). The molecule has 0 aliphatic carbocycles. The van der Waals surface area contributed by atoms with E-state index in [4.69, 9.17) is 0 Å². The van der Waals surface area contributed by atoms with Gasteiger partial charge in [-0.05, 0) is 36.6 Å². The second-order valence-corrected chi connectivity index (χ2v) is 6.24. The molecule has 2 aromatic carbocycles. The summed E-state index contributed by atoms with van der Waals surface area (Å²) in [5.74, 6) is -0.854. The zero-order valence-corrected chi connectivity index (χ0v) is 15.9. The van der Waals surface area contributed by atoms with Crippen molar-refractivity contribution in [2.75, 3.05) is 6.54 Å². The third kappa shape index (κ3) is 5.51. The lowest BCUT2D eigenvalue weighted by molar-refractivity contribution is -0.384. The molecule has 0 bridgehead atoms. The smallest absolute Gasteiger partial charge is 0.270 e. The fourth-order valence-corrected chi connectivity index (χ4v) is 2.56. The minimum absolute atomic E-state index is 0.0745. The number of carbonyl (C=O) groups is 2. The molecule has 7 heteroatoms. The number of rotatable bonds is 8. The van der Waals surface area contributed by atoms with Crippen molar-refractivity contribution < 1.29 is 14.5 Å². The molecular weight excluding hydrogens is 358 g/mol. The van der Waals surface area contributed by atoms with Crippen molar-refractivity contribution in [2.45, 2.75) is 26.7 Å². The molecule has 0 aliphatic heterocycles. The van der Waals surface area contributed by atoms with E-state index in [0.717, 1.165) is 12.8 Å². The minimum Gasteiger partial charge on any atom is -0.351 e. The highest BCUT2D eigenvalue weighted by Crippen LogP contribution is 2.22. The molecular formula is C21H23N3O4. The molecule has 0 radical (unpaired) electrons. The van der Waals surface area contributed by atoms with Gasteiger partial charge in [0.15, 0.2) is 0 Å². The van der Waals surface area contributed by atoms with E-state index < -0.39 is 16.7 Å². The molecule has 146 valence electrons. The first-order chi connectivity index (χ1) is 13.4. The lowest BCUT2D eigenvalue weighted by Crippen LogP contribution is -2.36. The lowest BCUT2D eigenvalue weighted by Gasteiger charge is -2.14. The van der Waals surface area contributed by atoms with Crippen LogP contribution in [0.2, 0.25) is 0 Å². The Labute approximate surface area is 163 Å². The highest BCUT2D eigenvalue weighted by Gasteiger charge is 2.19. The van der Waals surface area contributed by atoms with Gasteiger partial charge in [0.1, 0.15) is 5.70 Å². The number of non-ortho nitro benzene ring substituents is 1. The van der Waals surface area contributed by atoms with Crippen LogP contribution in [-0.4, -0.2) is 23.3 Å². The van der Waals surface area contributed by atoms with Crippen molar-refractivity contribution in [3.8, 4) is 0 Å². The fraction of sp³-hybridized carbons (Fsp3) is 0.238. The highest BCUT2D eigenvalue weighted by molar-refractivity contribution is 6.07. The van der Waals surface area contributed by atoms with Crippen LogP contribution in [0.15, 0.2) is 60.3 Å². The van der Waals surface area contributed by atoms with Gasteiger partial charge in [-0.25, -0.2) is 0 Å². The van der Waals surface area contributed by atoms with Crippen LogP contribution in [0.25, 0.3) is 5.57 Å². The summed E-state index contributed by atoms with van der Waals surface area (Å²) in [6.07, 6.45) is 1.72. The summed E-state index contributed by atoms with van der Waals surface area (Å²) >= 11 is 0. The molecule has 0 heterocycles. The Balaban J connectivity index is 2.39. The average molecular weight is 381 g/mol. The van der Waals surface area contributed by atoms with E-state index in [1.54, 1.807) is 49.4 Å². The van der Waals surface area contributed by atoms with E-state index in [-0.39, 0.29) is 11.4 Å². The van der Waals surface area contributed by atoms with E-state index in [1.165, 1.54) is 12.1 Å². The minimum atomic E-state index is -0.500. The van der Waals surface area contributed by atoms with Gasteiger partial charge in [-0.15, -0.1) is 0 Å². The van der Waals surface area contributed by atoms with Gasteiger partial charge < -0.3 is 10.6 Å². The van der Waals surface area contributed by atoms with Crippen molar-refractivity contribution in [3.05, 3.63) is 81.5 Å². The number of benzene rings is 2. The van der Waals surface area contributed by atoms with Gasteiger partial charge in [0.05, 0.1) is 4.92 Å². The number of carbonyl (C=O) groups excluding carboxylic acids is 2. The Bertz CT molecular complexity index is 892. The zero-order valence-electron chi connectivity index (χ0n) is 15.9. The number of nitro groups is 1. The summed E-state index contributed by atoms with van der Waals surface area (Å²) in [6.45, 7) is 4.13. The largest absolute Gasteiger partial charge is 0.351 e. The second kappa shape index (κ2) is 10.0. The van der Waals surface area contributed by atoms with Crippen molar-refractivity contribution >= 4 is 23.1 Å². The topological polar surface area (TPSA) is 101 Å². The maximum Gasteiger partial charge on any atom is 0.270 e. The predicted molar refractivity (Wildman–Crippen MR) is 108 cm³/mol. The molecule has 0 saturated carbocycles. The summed E-state index contributed by atoms with van der Waals surface area (Å²) in [5.41, 5.74) is 1.33. The first-order valence-electron chi connectivity index (χ1n) is 9.04. The number of hydrogen-bond donors (Lipinski definition) is 2. The van der Waals surface area contributed by atoms with E-state index in [1.807, 2.05) is 6.92 Å². The molecule has 28 heavy (non-hydrogen) atoms. The number of allylic oxidation sites excluding steroid dienone is 1. The van der Waals surface area contributed by atoms with Gasteiger partial charge in [-0.2, -0.15) is 0 Å². The van der Waals surface area contributed by atoms with E-state index in [9.17, 15) is 19.7 Å². The van der Waals surface area contributed by atoms with Crippen molar-refractivity contribution in [1.82, 2.24) is 10.6 Å². The Morgan fingerprint density at radius 2 is 1.71 bits per heavy atom. The van der Waals surface area contributed by atoms with Crippen LogP contribution >= 0.6 is 0 Å². The third-order valence-electron chi connectivity index (χ3n) is 4.18. The molecule has 0 aliphatic rings. The van der Waals surface area contributed by atoms with Crippen LogP contribution in [0.5, 0.6) is 0 Å². The number of nitrogens with one attached hydrogen (secondary N) is 2. The maximum absolute atomic E-state index is 12.7. The first kappa shape index (κ1) is 20.8. The molecule has 2 aromatic rings. The van der Waals surface area contributed by atoms with Crippen LogP contribution < -0.4 is 10.6 Å². The van der Waals surface area contributed by atoms with E-state index >= 15 is 0 Å². The summed E-state index contributed by atoms with van der Waals surface area (Å²) < 4.78 is 0. The molecule has 7 nitrogen and oxygen atoms in total. The quantitative estimate of drug-likeness (QED) is 0.315. The van der Waals surface area contributed by atoms with Gasteiger partial charge in [-0.1, -0.05) is 43.7 Å². The average Bonchev–Trinajstić information content (AvgIpc) is 2.72. The van der Waals surface area contributed by atoms with Crippen molar-refractivity contribution in [1.29, 1.82) is 0 Å². The number of hydrogen-bond acceptors (Lipinski definition) is 4. The Morgan fingerprint density at radius 1 is 1.04 bits per heavy atom. The molecule has 0 aromatic heterocycles. The van der Waals surface area contributed by atoms with E-state index in [0.29, 0.717) is 23.2 Å². The Hall–Kier alpha value is -3.48. The summed E-state index contributed by atoms with van der Waals surface area (Å²) in [6, 6.07) is 14.5. The second-order valence-electron chi connectivity index (χ2n) is 6.24. The number of nitro benzene ring substituents is 1.